The fraction of sp³-hybridized carbons (Fsp3) is 0.594. The third kappa shape index (κ3) is 8.12. The summed E-state index contributed by atoms with van der Waals surface area (Å²) in [5, 5.41) is 5.96. The molecule has 10 nitrogen and oxygen atoms in total. The van der Waals surface area contributed by atoms with Gasteiger partial charge in [-0.3, -0.25) is 9.80 Å². The number of esters is 1. The number of likely N-dealkylation sites (tertiary alicyclic amines) is 1. The van der Waals surface area contributed by atoms with E-state index in [1.54, 1.807) is 33.4 Å². The molecule has 0 N–H and O–H groups in total. The molecule has 0 bridgehead atoms. The molecule has 3 atom stereocenters. The molecule has 0 spiro atoms. The van der Waals surface area contributed by atoms with Crippen LogP contribution < -0.4 is 4.90 Å². The van der Waals surface area contributed by atoms with E-state index in [2.05, 4.69) is 15.1 Å². The number of hydrazone groups is 1. The lowest BCUT2D eigenvalue weighted by Crippen LogP contribution is -2.42. The van der Waals surface area contributed by atoms with Crippen LogP contribution in [0.25, 0.3) is 0 Å². The van der Waals surface area contributed by atoms with E-state index in [-0.39, 0.29) is 54.5 Å². The molecule has 16 heteroatoms. The topological polar surface area (TPSA) is 100 Å². The molecular formula is C32H38F6N6O4. The maximum absolute atomic E-state index is 13.7. The van der Waals surface area contributed by atoms with Crippen molar-refractivity contribution in [1.82, 2.24) is 19.9 Å². The summed E-state index contributed by atoms with van der Waals surface area (Å²) in [5.74, 6) is -0.529. The number of anilines is 1. The third-order valence-electron chi connectivity index (χ3n) is 9.26. The summed E-state index contributed by atoms with van der Waals surface area (Å²) in [5.41, 5.74) is -2.32. The minimum Gasteiger partial charge on any atom is -0.469 e. The van der Waals surface area contributed by atoms with Gasteiger partial charge < -0.3 is 19.3 Å². The number of aromatic nitrogens is 2. The maximum Gasteiger partial charge on any atom is 0.416 e. The van der Waals surface area contributed by atoms with Crippen LogP contribution in [0.4, 0.5) is 37.1 Å². The van der Waals surface area contributed by atoms with Gasteiger partial charge >= 0.3 is 24.4 Å². The predicted molar refractivity (Wildman–Crippen MR) is 162 cm³/mol. The number of hydrogen-bond acceptors (Lipinski definition) is 9. The van der Waals surface area contributed by atoms with E-state index >= 15 is 0 Å². The summed E-state index contributed by atoms with van der Waals surface area (Å²) in [6.45, 7) is 2.19. The molecule has 1 saturated carbocycles. The number of carbonyl (C=O) groups excluding carboxylic acids is 2. The predicted octanol–water partition coefficient (Wildman–Crippen LogP) is 6.26. The number of halogens is 6. The van der Waals surface area contributed by atoms with E-state index in [4.69, 9.17) is 9.47 Å². The first-order chi connectivity index (χ1) is 22.7. The highest BCUT2D eigenvalue weighted by atomic mass is 19.4. The summed E-state index contributed by atoms with van der Waals surface area (Å²) in [7, 11) is 3.14. The second kappa shape index (κ2) is 14.2. The van der Waals surface area contributed by atoms with Crippen molar-refractivity contribution in [1.29, 1.82) is 0 Å². The number of ether oxygens (including phenoxy) is 2. The maximum atomic E-state index is 13.7. The van der Waals surface area contributed by atoms with E-state index in [0.717, 1.165) is 5.56 Å². The van der Waals surface area contributed by atoms with Gasteiger partial charge in [0.1, 0.15) is 6.10 Å². The van der Waals surface area contributed by atoms with Crippen LogP contribution in [0, 0.1) is 5.92 Å². The first kappa shape index (κ1) is 35.2. The average Bonchev–Trinajstić information content (AvgIpc) is 3.69. The molecule has 2 fully saturated rings. The van der Waals surface area contributed by atoms with Crippen LogP contribution in [-0.2, 0) is 33.2 Å². The fourth-order valence-electron chi connectivity index (χ4n) is 6.63. The number of alkyl halides is 6. The highest BCUT2D eigenvalue weighted by molar-refractivity contribution is 5.72. The van der Waals surface area contributed by atoms with Gasteiger partial charge in [0.2, 0.25) is 5.95 Å². The Balaban J connectivity index is 1.41. The summed E-state index contributed by atoms with van der Waals surface area (Å²) >= 11 is 0. The van der Waals surface area contributed by atoms with Gasteiger partial charge in [-0.1, -0.05) is 6.92 Å². The molecule has 2 aromatic rings. The molecule has 1 saturated heterocycles. The van der Waals surface area contributed by atoms with Crippen molar-refractivity contribution in [3.05, 3.63) is 52.8 Å². The zero-order valence-electron chi connectivity index (χ0n) is 26.8. The number of benzene rings is 1. The Morgan fingerprint density at radius 3 is 2.10 bits per heavy atom. The van der Waals surface area contributed by atoms with Crippen molar-refractivity contribution >= 4 is 24.2 Å². The number of likely N-dealkylation sites (N-methyl/N-ethyl adjacent to an activating group) is 1. The van der Waals surface area contributed by atoms with Crippen molar-refractivity contribution in [2.75, 3.05) is 32.1 Å². The minimum absolute atomic E-state index is 0.0841. The average molecular weight is 685 g/mol. The number of nitrogens with zero attached hydrogens (tertiary/aromatic N) is 6. The SMILES string of the molecule is CC[C@@H]1C[C@H](N(Cc2cc(C(F)(F)F)cc(C(F)(F)F)c2)c2ncc(C3C=NN(C)C3)cn2)CN1C(=O)O[C@H]1CC[C@@H](C(=O)OC)CC1. The second-order valence-corrected chi connectivity index (χ2v) is 12.6. The first-order valence-electron chi connectivity index (χ1n) is 15.8. The Morgan fingerprint density at radius 1 is 0.958 bits per heavy atom. The van der Waals surface area contributed by atoms with Gasteiger partial charge in [0, 0.05) is 57.2 Å². The third-order valence-corrected chi connectivity index (χ3v) is 9.26. The molecule has 1 aromatic carbocycles. The zero-order valence-corrected chi connectivity index (χ0v) is 26.8. The van der Waals surface area contributed by atoms with Crippen molar-refractivity contribution in [3.63, 3.8) is 0 Å². The number of amides is 1. The van der Waals surface area contributed by atoms with E-state index in [1.807, 2.05) is 14.0 Å². The smallest absolute Gasteiger partial charge is 0.416 e. The van der Waals surface area contributed by atoms with Crippen LogP contribution in [-0.4, -0.2) is 83.6 Å². The highest BCUT2D eigenvalue weighted by Gasteiger charge is 2.41. The van der Waals surface area contributed by atoms with Crippen LogP contribution in [0.2, 0.25) is 0 Å². The fourth-order valence-corrected chi connectivity index (χ4v) is 6.63. The summed E-state index contributed by atoms with van der Waals surface area (Å²) in [6.07, 6.45) is -3.18. The van der Waals surface area contributed by atoms with Crippen LogP contribution in [0.3, 0.4) is 0 Å². The van der Waals surface area contributed by atoms with Crippen LogP contribution in [0.15, 0.2) is 35.7 Å². The highest BCUT2D eigenvalue weighted by Crippen LogP contribution is 2.38. The second-order valence-electron chi connectivity index (χ2n) is 12.6. The number of rotatable bonds is 8. The van der Waals surface area contributed by atoms with E-state index in [1.165, 1.54) is 7.11 Å². The van der Waals surface area contributed by atoms with Gasteiger partial charge in [-0.25, -0.2) is 14.8 Å². The monoisotopic (exact) mass is 684 g/mol. The van der Waals surface area contributed by atoms with Crippen LogP contribution in [0.1, 0.15) is 73.6 Å². The molecule has 3 heterocycles. The van der Waals surface area contributed by atoms with Gasteiger partial charge in [-0.2, -0.15) is 31.4 Å². The lowest BCUT2D eigenvalue weighted by molar-refractivity contribution is -0.147. The van der Waals surface area contributed by atoms with Gasteiger partial charge in [0.15, 0.2) is 0 Å². The molecule has 1 unspecified atom stereocenters. The number of methoxy groups -OCH3 is 1. The van der Waals surface area contributed by atoms with Crippen molar-refractivity contribution < 1.29 is 45.4 Å². The lowest BCUT2D eigenvalue weighted by Gasteiger charge is -2.31. The van der Waals surface area contributed by atoms with E-state index in [0.29, 0.717) is 57.2 Å². The summed E-state index contributed by atoms with van der Waals surface area (Å²) < 4.78 is 93.0. The Bertz CT molecular complexity index is 1450. The molecule has 3 aliphatic rings. The van der Waals surface area contributed by atoms with Crippen molar-refractivity contribution in [2.45, 2.75) is 88.5 Å². The van der Waals surface area contributed by atoms with Crippen LogP contribution >= 0.6 is 0 Å². The normalized spacial score (nSPS) is 24.6. The number of hydrogen-bond donors (Lipinski definition) is 0. The van der Waals surface area contributed by atoms with Crippen molar-refractivity contribution in [3.8, 4) is 0 Å². The Hall–Kier alpha value is -4.11. The Labute approximate surface area is 274 Å². The largest absolute Gasteiger partial charge is 0.469 e. The molecule has 262 valence electrons. The van der Waals surface area contributed by atoms with E-state index in [9.17, 15) is 35.9 Å². The summed E-state index contributed by atoms with van der Waals surface area (Å²) in [6, 6.07) is 0.632. The van der Waals surface area contributed by atoms with Gasteiger partial charge in [-0.05, 0) is 67.9 Å². The first-order valence-corrected chi connectivity index (χ1v) is 15.8. The standard InChI is InChI=1S/C32H38F6N6O4/c1-4-25-12-26(18-44(25)30(46)48-27-7-5-20(6-8-27)28(45)47-3)43(29-39-13-21(14-40-29)22-15-41-42(2)17-22)16-19-9-23(31(33,34)35)11-24(10-19)32(36,37)38/h9-11,13-15,20,22,25-27H,4-8,12,16-18H2,1-3H3/t20-,22?,25-,26+,27+/m1/s1. The molecule has 1 aliphatic carbocycles. The van der Waals surface area contributed by atoms with Gasteiger partial charge in [-0.15, -0.1) is 0 Å². The number of carbonyl (C=O) groups is 2. The quantitative estimate of drug-likeness (QED) is 0.238. The minimum atomic E-state index is -5.01. The van der Waals surface area contributed by atoms with Gasteiger partial charge in [0.25, 0.3) is 0 Å². The lowest BCUT2D eigenvalue weighted by atomic mass is 9.87. The van der Waals surface area contributed by atoms with Crippen LogP contribution in [0.5, 0.6) is 0 Å². The summed E-state index contributed by atoms with van der Waals surface area (Å²) in [4.78, 5) is 37.4. The molecule has 5 rings (SSSR count). The van der Waals surface area contributed by atoms with Gasteiger partial charge in [0.05, 0.1) is 30.2 Å². The molecule has 1 amide bonds. The Morgan fingerprint density at radius 2 is 1.58 bits per heavy atom. The van der Waals surface area contributed by atoms with E-state index < -0.39 is 41.7 Å². The molecular weight excluding hydrogens is 646 g/mol. The molecule has 48 heavy (non-hydrogen) atoms. The molecule has 0 radical (unpaired) electrons. The molecule has 2 aliphatic heterocycles. The Kier molecular flexibility index (Phi) is 10.4. The zero-order chi connectivity index (χ0) is 34.8. The van der Waals surface area contributed by atoms with Crippen molar-refractivity contribution in [2.24, 2.45) is 11.0 Å². The molecule has 1 aromatic heterocycles.